The zero-order valence-corrected chi connectivity index (χ0v) is 15.9. The minimum Gasteiger partial charge on any atom is -0.356 e. The van der Waals surface area contributed by atoms with E-state index in [1.165, 1.54) is 58.0 Å². The Morgan fingerprint density at radius 1 is 1.13 bits per heavy atom. The first kappa shape index (κ1) is 20.2. The molecule has 1 unspecified atom stereocenters. The molecule has 1 atom stereocenters. The summed E-state index contributed by atoms with van der Waals surface area (Å²) >= 11 is 0. The van der Waals surface area contributed by atoms with Crippen LogP contribution < -0.4 is 10.6 Å². The molecule has 0 saturated carbocycles. The van der Waals surface area contributed by atoms with Gasteiger partial charge in [-0.3, -0.25) is 9.89 Å². The second-order valence-electron chi connectivity index (χ2n) is 6.88. The SMILES string of the molecule is CCN1CCCC1CNC(=NC)NCCCCCCCN(C)C. The molecule has 1 aliphatic heterocycles. The van der Waals surface area contributed by atoms with E-state index in [-0.39, 0.29) is 0 Å². The van der Waals surface area contributed by atoms with Crippen LogP contribution in [0.1, 0.15) is 51.9 Å². The molecule has 0 aromatic rings. The van der Waals surface area contributed by atoms with Crippen molar-refractivity contribution in [3.63, 3.8) is 0 Å². The molecule has 0 radical (unpaired) electrons. The van der Waals surface area contributed by atoms with E-state index in [0.717, 1.165) is 25.6 Å². The molecule has 0 aromatic carbocycles. The summed E-state index contributed by atoms with van der Waals surface area (Å²) < 4.78 is 0. The quantitative estimate of drug-likeness (QED) is 0.347. The van der Waals surface area contributed by atoms with Crippen LogP contribution in [0.2, 0.25) is 0 Å². The van der Waals surface area contributed by atoms with Gasteiger partial charge in [0, 0.05) is 26.2 Å². The average Bonchev–Trinajstić information content (AvgIpc) is 3.00. The van der Waals surface area contributed by atoms with Gasteiger partial charge in [0.15, 0.2) is 5.96 Å². The number of nitrogens with one attached hydrogen (secondary N) is 2. The molecule has 0 amide bonds. The normalized spacial score (nSPS) is 19.5. The number of aliphatic imine (C=N–C) groups is 1. The maximum absolute atomic E-state index is 4.34. The summed E-state index contributed by atoms with van der Waals surface area (Å²) in [5.41, 5.74) is 0. The van der Waals surface area contributed by atoms with E-state index < -0.39 is 0 Å². The number of unbranched alkanes of at least 4 members (excludes halogenated alkanes) is 4. The first-order valence-electron chi connectivity index (χ1n) is 9.50. The van der Waals surface area contributed by atoms with Gasteiger partial charge < -0.3 is 15.5 Å². The van der Waals surface area contributed by atoms with E-state index in [0.29, 0.717) is 6.04 Å². The van der Waals surface area contributed by atoms with Crippen LogP contribution in [0.25, 0.3) is 0 Å². The van der Waals surface area contributed by atoms with Gasteiger partial charge in [-0.1, -0.05) is 26.2 Å². The maximum Gasteiger partial charge on any atom is 0.191 e. The third kappa shape index (κ3) is 9.16. The van der Waals surface area contributed by atoms with Crippen molar-refractivity contribution in [1.29, 1.82) is 0 Å². The van der Waals surface area contributed by atoms with Crippen molar-refractivity contribution in [2.45, 2.75) is 57.9 Å². The average molecular weight is 326 g/mol. The van der Waals surface area contributed by atoms with Crippen LogP contribution >= 0.6 is 0 Å². The van der Waals surface area contributed by atoms with Gasteiger partial charge in [0.25, 0.3) is 0 Å². The smallest absolute Gasteiger partial charge is 0.191 e. The van der Waals surface area contributed by atoms with Crippen LogP contribution in [0.15, 0.2) is 4.99 Å². The van der Waals surface area contributed by atoms with Gasteiger partial charge in [0.05, 0.1) is 0 Å². The predicted octanol–water partition coefficient (Wildman–Crippen LogP) is 2.15. The predicted molar refractivity (Wildman–Crippen MR) is 101 cm³/mol. The van der Waals surface area contributed by atoms with Gasteiger partial charge in [0.2, 0.25) is 0 Å². The highest BCUT2D eigenvalue weighted by Gasteiger charge is 2.22. The number of hydrogen-bond donors (Lipinski definition) is 2. The summed E-state index contributed by atoms with van der Waals surface area (Å²) in [7, 11) is 6.16. The minimum atomic E-state index is 0.676. The Morgan fingerprint density at radius 3 is 2.57 bits per heavy atom. The Labute approximate surface area is 143 Å². The van der Waals surface area contributed by atoms with Crippen LogP contribution in [0, 0.1) is 0 Å². The van der Waals surface area contributed by atoms with E-state index in [4.69, 9.17) is 0 Å². The van der Waals surface area contributed by atoms with Crippen LogP contribution in [0.3, 0.4) is 0 Å². The largest absolute Gasteiger partial charge is 0.356 e. The zero-order valence-electron chi connectivity index (χ0n) is 15.9. The molecular weight excluding hydrogens is 286 g/mol. The Morgan fingerprint density at radius 2 is 1.87 bits per heavy atom. The molecule has 5 nitrogen and oxygen atoms in total. The van der Waals surface area contributed by atoms with Crippen molar-refractivity contribution in [3.8, 4) is 0 Å². The Bertz CT molecular complexity index is 317. The lowest BCUT2D eigenvalue weighted by Gasteiger charge is -2.24. The second kappa shape index (κ2) is 12.6. The molecule has 0 aliphatic carbocycles. The number of hydrogen-bond acceptors (Lipinski definition) is 3. The molecule has 1 fully saturated rings. The molecule has 1 saturated heterocycles. The van der Waals surface area contributed by atoms with Crippen molar-refractivity contribution >= 4 is 5.96 Å². The van der Waals surface area contributed by atoms with E-state index in [1.807, 2.05) is 7.05 Å². The second-order valence-corrected chi connectivity index (χ2v) is 6.88. The highest BCUT2D eigenvalue weighted by molar-refractivity contribution is 5.79. The van der Waals surface area contributed by atoms with Crippen LogP contribution in [0.4, 0.5) is 0 Å². The lowest BCUT2D eigenvalue weighted by atomic mass is 10.1. The Kier molecular flexibility index (Phi) is 11.1. The number of likely N-dealkylation sites (N-methyl/N-ethyl adjacent to an activating group) is 1. The Hall–Kier alpha value is -0.810. The summed E-state index contributed by atoms with van der Waals surface area (Å²) in [6.45, 7) is 7.91. The molecular formula is C18H39N5. The van der Waals surface area contributed by atoms with Crippen molar-refractivity contribution in [3.05, 3.63) is 0 Å². The summed E-state index contributed by atoms with van der Waals surface area (Å²) in [5, 5.41) is 6.94. The number of likely N-dealkylation sites (tertiary alicyclic amines) is 1. The molecule has 5 heteroatoms. The maximum atomic E-state index is 4.34. The summed E-state index contributed by atoms with van der Waals surface area (Å²) in [6.07, 6.45) is 9.19. The number of rotatable bonds is 11. The van der Waals surface area contributed by atoms with Crippen molar-refractivity contribution < 1.29 is 0 Å². The van der Waals surface area contributed by atoms with Gasteiger partial charge in [-0.2, -0.15) is 0 Å². The van der Waals surface area contributed by atoms with E-state index in [9.17, 15) is 0 Å². The van der Waals surface area contributed by atoms with E-state index in [1.54, 1.807) is 0 Å². The lowest BCUT2D eigenvalue weighted by Crippen LogP contribution is -2.45. The summed E-state index contributed by atoms with van der Waals surface area (Å²) in [4.78, 5) is 9.17. The molecule has 23 heavy (non-hydrogen) atoms. The Balaban J connectivity index is 2.01. The van der Waals surface area contributed by atoms with Crippen molar-refractivity contribution in [1.82, 2.24) is 20.4 Å². The van der Waals surface area contributed by atoms with Crippen LogP contribution in [-0.2, 0) is 0 Å². The highest BCUT2D eigenvalue weighted by Crippen LogP contribution is 2.15. The minimum absolute atomic E-state index is 0.676. The van der Waals surface area contributed by atoms with Gasteiger partial charge in [-0.15, -0.1) is 0 Å². The zero-order chi connectivity index (χ0) is 16.9. The molecule has 0 spiro atoms. The van der Waals surface area contributed by atoms with Crippen molar-refractivity contribution in [2.75, 3.05) is 53.9 Å². The van der Waals surface area contributed by atoms with E-state index in [2.05, 4.69) is 46.4 Å². The molecule has 2 N–H and O–H groups in total. The first-order valence-corrected chi connectivity index (χ1v) is 9.50. The molecule has 1 heterocycles. The standard InChI is InChI=1S/C18H39N5/c1-5-23-15-11-12-17(23)16-21-18(19-2)20-13-9-7-6-8-10-14-22(3)4/h17H,5-16H2,1-4H3,(H2,19,20,21). The molecule has 1 rings (SSSR count). The van der Waals surface area contributed by atoms with Crippen molar-refractivity contribution in [2.24, 2.45) is 4.99 Å². The molecule has 0 bridgehead atoms. The fourth-order valence-corrected chi connectivity index (χ4v) is 3.27. The van der Waals surface area contributed by atoms with Gasteiger partial charge >= 0.3 is 0 Å². The van der Waals surface area contributed by atoms with Gasteiger partial charge in [-0.05, 0) is 59.4 Å². The topological polar surface area (TPSA) is 42.9 Å². The van der Waals surface area contributed by atoms with Gasteiger partial charge in [0.1, 0.15) is 0 Å². The summed E-state index contributed by atoms with van der Waals surface area (Å²) in [6, 6.07) is 0.676. The fraction of sp³-hybridized carbons (Fsp3) is 0.944. The fourth-order valence-electron chi connectivity index (χ4n) is 3.27. The third-order valence-electron chi connectivity index (χ3n) is 4.71. The highest BCUT2D eigenvalue weighted by atomic mass is 15.2. The lowest BCUT2D eigenvalue weighted by molar-refractivity contribution is 0.267. The monoisotopic (exact) mass is 325 g/mol. The summed E-state index contributed by atoms with van der Waals surface area (Å²) in [5.74, 6) is 0.959. The number of nitrogens with zero attached hydrogens (tertiary/aromatic N) is 3. The number of guanidine groups is 1. The third-order valence-corrected chi connectivity index (χ3v) is 4.71. The molecule has 1 aliphatic rings. The van der Waals surface area contributed by atoms with Gasteiger partial charge in [-0.25, -0.2) is 0 Å². The molecule has 136 valence electrons. The molecule has 0 aromatic heterocycles. The van der Waals surface area contributed by atoms with Crippen LogP contribution in [0.5, 0.6) is 0 Å². The first-order chi connectivity index (χ1) is 11.2. The van der Waals surface area contributed by atoms with E-state index >= 15 is 0 Å². The van der Waals surface area contributed by atoms with Crippen LogP contribution in [-0.4, -0.2) is 75.7 Å².